The van der Waals surface area contributed by atoms with Gasteiger partial charge in [-0.25, -0.2) is 21.6 Å². The van der Waals surface area contributed by atoms with E-state index in [1.54, 1.807) is 30.3 Å². The van der Waals surface area contributed by atoms with E-state index in [-0.39, 0.29) is 40.9 Å². The molecule has 5 aromatic rings. The highest BCUT2D eigenvalue weighted by Gasteiger charge is 2.49. The summed E-state index contributed by atoms with van der Waals surface area (Å²) in [6.45, 7) is 8.18. The third-order valence-corrected chi connectivity index (χ3v) is 22.9. The Morgan fingerprint density at radius 1 is 0.777 bits per heavy atom. The van der Waals surface area contributed by atoms with E-state index in [1.165, 1.54) is 35.0 Å². The van der Waals surface area contributed by atoms with Gasteiger partial charge in [0.25, 0.3) is 37.6 Å². The fourth-order valence-corrected chi connectivity index (χ4v) is 16.6. The summed E-state index contributed by atoms with van der Waals surface area (Å²) in [6.07, 6.45) is 6.58. The van der Waals surface area contributed by atoms with Crippen LogP contribution in [0.4, 0.5) is 30.2 Å². The summed E-state index contributed by atoms with van der Waals surface area (Å²) in [5.41, 5.74) is -0.903. The number of halogens is 4. The highest BCUT2D eigenvalue weighted by atomic mass is 35.5. The minimum Gasteiger partial charge on any atom is -0.384 e. The van der Waals surface area contributed by atoms with Gasteiger partial charge in [0, 0.05) is 123 Å². The average molecular weight is 1370 g/mol. The zero-order valence-electron chi connectivity index (χ0n) is 51.8. The minimum absolute atomic E-state index is 0.0331. The molecule has 6 aliphatic rings. The number of amides is 6. The number of unbranched alkanes of at least 4 members (excludes halogenated alkanes) is 2. The number of carbonyl (C=O) groups excluding carboxylic acids is 6. The molecule has 0 aromatic heterocycles. The molecule has 4 saturated heterocycles. The van der Waals surface area contributed by atoms with Gasteiger partial charge in [-0.15, -0.1) is 11.8 Å². The quantitative estimate of drug-likeness (QED) is 0.0256. The van der Waals surface area contributed by atoms with Crippen LogP contribution < -0.4 is 25.6 Å². The smallest absolute Gasteiger partial charge is 0.384 e. The number of nitrogens with zero attached hydrogens (tertiary/aromatic N) is 5. The van der Waals surface area contributed by atoms with Crippen molar-refractivity contribution in [2.45, 2.75) is 103 Å². The summed E-state index contributed by atoms with van der Waals surface area (Å²) >= 11 is 7.79. The minimum atomic E-state index is -6.11. The van der Waals surface area contributed by atoms with Gasteiger partial charge in [-0.2, -0.15) is 13.2 Å². The number of piperazine rings is 1. The number of anilines is 3. The van der Waals surface area contributed by atoms with Gasteiger partial charge in [-0.05, 0) is 147 Å². The number of rotatable bonds is 24. The molecule has 3 atom stereocenters. The molecule has 4 fully saturated rings. The number of nitrogens with one attached hydrogen (secondary N) is 4. The normalized spacial score (nSPS) is 20.4. The molecular formula is C67H75ClF3N9O11S3. The molecule has 4 N–H and O–H groups in total. The lowest BCUT2D eigenvalue weighted by molar-refractivity contribution is -0.136. The highest BCUT2D eigenvalue weighted by molar-refractivity contribution is 7.99. The van der Waals surface area contributed by atoms with Crippen molar-refractivity contribution in [3.05, 3.63) is 148 Å². The molecule has 1 unspecified atom stereocenters. The number of piperidine rings is 1. The van der Waals surface area contributed by atoms with Crippen LogP contribution in [0, 0.1) is 5.41 Å². The summed E-state index contributed by atoms with van der Waals surface area (Å²) < 4.78 is 104. The Morgan fingerprint density at radius 3 is 2.24 bits per heavy atom. The number of sulfonamides is 1. The summed E-state index contributed by atoms with van der Waals surface area (Å²) in [5, 5.41) is 9.15. The van der Waals surface area contributed by atoms with Crippen molar-refractivity contribution >= 4 is 101 Å². The maximum atomic E-state index is 14.4. The number of ether oxygens (including phenoxy) is 1. The molecule has 500 valence electrons. The first kappa shape index (κ1) is 68.1. The summed E-state index contributed by atoms with van der Waals surface area (Å²) in [6, 6.07) is 29.3. The second-order valence-corrected chi connectivity index (χ2v) is 29.9. The first-order valence-electron chi connectivity index (χ1n) is 31.7. The summed E-state index contributed by atoms with van der Waals surface area (Å²) in [7, 11) is -11.0. The molecule has 6 amide bonds. The van der Waals surface area contributed by atoms with Crippen LogP contribution in [0.1, 0.15) is 107 Å². The zero-order chi connectivity index (χ0) is 66.4. The maximum Gasteiger partial charge on any atom is 0.501 e. The molecule has 94 heavy (non-hydrogen) atoms. The van der Waals surface area contributed by atoms with E-state index in [0.717, 1.165) is 71.8 Å². The van der Waals surface area contributed by atoms with Crippen LogP contribution in [0.5, 0.6) is 0 Å². The molecule has 1 spiro atoms. The van der Waals surface area contributed by atoms with E-state index in [1.807, 2.05) is 52.1 Å². The lowest BCUT2D eigenvalue weighted by Gasteiger charge is -2.40. The molecule has 27 heteroatoms. The van der Waals surface area contributed by atoms with Crippen LogP contribution in [0.2, 0.25) is 5.02 Å². The Kier molecular flexibility index (Phi) is 21.2. The van der Waals surface area contributed by atoms with Crippen molar-refractivity contribution in [1.29, 1.82) is 0 Å². The third-order valence-electron chi connectivity index (χ3n) is 18.6. The number of morpholine rings is 1. The van der Waals surface area contributed by atoms with E-state index < -0.39 is 82.5 Å². The van der Waals surface area contributed by atoms with Gasteiger partial charge in [0.05, 0.1) is 34.9 Å². The maximum absolute atomic E-state index is 14.4. The van der Waals surface area contributed by atoms with E-state index in [9.17, 15) is 58.8 Å². The number of alkyl halides is 3. The van der Waals surface area contributed by atoms with Crippen LogP contribution >= 0.6 is 23.4 Å². The van der Waals surface area contributed by atoms with E-state index in [4.69, 9.17) is 16.3 Å². The van der Waals surface area contributed by atoms with Crippen LogP contribution in [0.25, 0.3) is 5.57 Å². The predicted molar refractivity (Wildman–Crippen MR) is 352 cm³/mol. The lowest BCUT2D eigenvalue weighted by atomic mass is 9.69. The number of carbonyl (C=O) groups is 6. The Labute approximate surface area is 554 Å². The van der Waals surface area contributed by atoms with Gasteiger partial charge in [0.2, 0.25) is 17.7 Å². The second-order valence-electron chi connectivity index (χ2n) is 24.8. The molecule has 0 bridgehead atoms. The molecule has 0 saturated carbocycles. The Bertz CT molecular complexity index is 3930. The largest absolute Gasteiger partial charge is 0.501 e. The molecule has 0 radical (unpaired) electrons. The third kappa shape index (κ3) is 15.8. The van der Waals surface area contributed by atoms with E-state index >= 15 is 0 Å². The Morgan fingerprint density at radius 2 is 1.52 bits per heavy atom. The molecular weight excluding hydrogens is 1300 g/mol. The SMILES string of the molecule is O=C1CCC(N2C(=O)c3cccc(NCCCCCC(=O)N4CC[C@@]5(CCC(c6ccc(Cl)cc6)=C(CN6CCN(c7ccc(C(=O)NS(=O)(=O)c8ccc(N[C@H](CCN9CCOCC9)CSc9ccccc9)c(S(=O)(=O)C(F)(F)F)c8)cc7)CC6)C5)C4)c3C2=O)C(=O)N1. The van der Waals surface area contributed by atoms with Gasteiger partial charge in [0.1, 0.15) is 10.9 Å². The van der Waals surface area contributed by atoms with Crippen molar-refractivity contribution in [3.8, 4) is 0 Å². The summed E-state index contributed by atoms with van der Waals surface area (Å²) in [5.74, 6) is -2.85. The first-order valence-corrected chi connectivity index (χ1v) is 36.1. The van der Waals surface area contributed by atoms with Crippen LogP contribution in [0.3, 0.4) is 0 Å². The van der Waals surface area contributed by atoms with Gasteiger partial charge < -0.3 is 25.2 Å². The van der Waals surface area contributed by atoms with E-state index in [2.05, 4.69) is 42.8 Å². The van der Waals surface area contributed by atoms with Crippen molar-refractivity contribution in [2.24, 2.45) is 5.41 Å². The average Bonchev–Trinajstić information content (AvgIpc) is 1.42. The summed E-state index contributed by atoms with van der Waals surface area (Å²) in [4.78, 5) is 87.0. The molecule has 1 aliphatic carbocycles. The number of thioether (sulfide) groups is 1. The molecule has 5 heterocycles. The number of allylic oxidation sites excluding steroid dienone is 1. The number of fused-ring (bicyclic) bond motifs is 1. The Balaban J connectivity index is 0.673. The van der Waals surface area contributed by atoms with Crippen LogP contribution in [0.15, 0.2) is 136 Å². The number of benzene rings is 5. The second kappa shape index (κ2) is 29.3. The van der Waals surface area contributed by atoms with Crippen LogP contribution in [-0.4, -0.2) is 180 Å². The molecule has 5 aromatic carbocycles. The van der Waals surface area contributed by atoms with Crippen LogP contribution in [-0.2, 0) is 39.0 Å². The number of hydrogen-bond donors (Lipinski definition) is 4. The number of sulfone groups is 1. The predicted octanol–water partition coefficient (Wildman–Crippen LogP) is 9.10. The van der Waals surface area contributed by atoms with Crippen molar-refractivity contribution in [1.82, 2.24) is 29.6 Å². The number of hydrogen-bond acceptors (Lipinski definition) is 17. The lowest BCUT2D eigenvalue weighted by Crippen LogP contribution is -2.54. The fourth-order valence-electron chi connectivity index (χ4n) is 13.4. The van der Waals surface area contributed by atoms with Gasteiger partial charge in [0.15, 0.2) is 0 Å². The van der Waals surface area contributed by atoms with Gasteiger partial charge in [-0.1, -0.05) is 60.0 Å². The zero-order valence-corrected chi connectivity index (χ0v) is 55.0. The molecule has 11 rings (SSSR count). The van der Waals surface area contributed by atoms with Crippen molar-refractivity contribution in [2.75, 3.05) is 106 Å². The Hall–Kier alpha value is -7.33. The number of imide groups is 2. The monoisotopic (exact) mass is 1370 g/mol. The molecule has 20 nitrogen and oxygen atoms in total. The van der Waals surface area contributed by atoms with Gasteiger partial charge in [-0.3, -0.25) is 48.8 Å². The van der Waals surface area contributed by atoms with Crippen molar-refractivity contribution in [3.63, 3.8) is 0 Å². The fraction of sp³-hybridized carbons (Fsp3) is 0.433. The standard InChI is InChI=1S/C67H75ClF3N9O11S3/c68-48-17-13-45(14-18-48)53-25-27-66(28-31-79(44-66)60(82)12-5-2-6-29-72-56-11-7-10-54-61(56)65(86)80(64(54)85)57-23-24-59(81)74-63(57)84)41-47(53)42-77-32-34-78(35-33-77)50-19-15-46(16-20-50)62(83)75-94(89,90)52-21-22-55(58(40-52)93(87,88)67(69,70)71)73-49(26-30-76-36-38-91-39-37-76)43-92-51-8-3-1-4-9-51/h1,3-4,7-11,13-22,40,49,57,72-73H,2,5-6,12,23-39,41-44H2,(H,75,83)(H,74,81,84)/t49-,57?,66-/m1/s1. The highest BCUT2D eigenvalue weighted by Crippen LogP contribution is 2.49. The topological polar surface area (TPSA) is 244 Å². The van der Waals surface area contributed by atoms with E-state index in [0.29, 0.717) is 127 Å². The molecule has 5 aliphatic heterocycles. The van der Waals surface area contributed by atoms with Gasteiger partial charge >= 0.3 is 5.51 Å². The first-order chi connectivity index (χ1) is 45.0. The number of likely N-dealkylation sites (tertiary alicyclic amines) is 1. The van der Waals surface area contributed by atoms with Crippen molar-refractivity contribution < 1.29 is 63.5 Å².